The minimum absolute atomic E-state index is 0.0644. The molecule has 1 saturated heterocycles. The third-order valence-electron chi connectivity index (χ3n) is 7.55. The highest BCUT2D eigenvalue weighted by Crippen LogP contribution is 2.60. The van der Waals surface area contributed by atoms with Gasteiger partial charge in [0.15, 0.2) is 11.6 Å². The largest absolute Gasteiger partial charge is 0.393 e. The number of aromatic nitrogens is 1. The van der Waals surface area contributed by atoms with E-state index in [0.29, 0.717) is 19.0 Å². The first kappa shape index (κ1) is 18.3. The van der Waals surface area contributed by atoms with Gasteiger partial charge in [0.2, 0.25) is 5.91 Å². The Labute approximate surface area is 163 Å². The van der Waals surface area contributed by atoms with Gasteiger partial charge in [0.05, 0.1) is 17.7 Å². The molecule has 0 aromatic carbocycles. The lowest BCUT2D eigenvalue weighted by Gasteiger charge is -2.58. The SMILES string of the molecule is O=C(N[C@H]1CCCN(c2ncc(F)cc2F)C1)C12CC3CC(C1)C(O)C(C3)C2. The third kappa shape index (κ3) is 2.98. The monoisotopic (exact) mass is 391 g/mol. The third-order valence-corrected chi connectivity index (χ3v) is 7.55. The van der Waals surface area contributed by atoms with E-state index in [0.717, 1.165) is 57.2 Å². The van der Waals surface area contributed by atoms with Crippen molar-refractivity contribution in [2.24, 2.45) is 23.2 Å². The molecule has 5 nitrogen and oxygen atoms in total. The number of pyridine rings is 1. The van der Waals surface area contributed by atoms with Crippen LogP contribution in [0, 0.1) is 34.8 Å². The number of amides is 1. The van der Waals surface area contributed by atoms with Gasteiger partial charge in [0, 0.05) is 25.2 Å². The van der Waals surface area contributed by atoms with E-state index in [4.69, 9.17) is 0 Å². The number of nitrogens with zero attached hydrogens (tertiary/aromatic N) is 2. The number of hydrogen-bond donors (Lipinski definition) is 2. The second-order valence-electron chi connectivity index (χ2n) is 9.46. The summed E-state index contributed by atoms with van der Waals surface area (Å²) in [6.45, 7) is 1.13. The Morgan fingerprint density at radius 1 is 1.25 bits per heavy atom. The van der Waals surface area contributed by atoms with Gasteiger partial charge >= 0.3 is 0 Å². The first-order valence-corrected chi connectivity index (χ1v) is 10.5. The second kappa shape index (κ2) is 6.65. The Bertz CT molecular complexity index is 773. The topological polar surface area (TPSA) is 65.5 Å². The average molecular weight is 391 g/mol. The van der Waals surface area contributed by atoms with Crippen molar-refractivity contribution in [3.8, 4) is 0 Å². The summed E-state index contributed by atoms with van der Waals surface area (Å²) >= 11 is 0. The van der Waals surface area contributed by atoms with Crippen LogP contribution in [0.4, 0.5) is 14.6 Å². The quantitative estimate of drug-likeness (QED) is 0.831. The van der Waals surface area contributed by atoms with Crippen molar-refractivity contribution in [3.05, 3.63) is 23.9 Å². The molecule has 7 heteroatoms. The fourth-order valence-corrected chi connectivity index (χ4v) is 6.54. The number of nitrogens with one attached hydrogen (secondary N) is 1. The first-order chi connectivity index (χ1) is 13.4. The van der Waals surface area contributed by atoms with Crippen molar-refractivity contribution < 1.29 is 18.7 Å². The molecule has 28 heavy (non-hydrogen) atoms. The number of piperidine rings is 1. The number of rotatable bonds is 3. The summed E-state index contributed by atoms with van der Waals surface area (Å²) in [6.07, 6.45) is 7.08. The molecule has 3 atom stereocenters. The van der Waals surface area contributed by atoms with Crippen LogP contribution >= 0.6 is 0 Å². The van der Waals surface area contributed by atoms with Gasteiger partial charge < -0.3 is 15.3 Å². The zero-order valence-corrected chi connectivity index (χ0v) is 15.9. The van der Waals surface area contributed by atoms with E-state index in [1.807, 2.05) is 0 Å². The smallest absolute Gasteiger partial charge is 0.226 e. The summed E-state index contributed by atoms with van der Waals surface area (Å²) in [5.74, 6) is -0.00706. The predicted octanol–water partition coefficient (Wildman–Crippen LogP) is 2.63. The lowest BCUT2D eigenvalue weighted by Crippen LogP contribution is -2.60. The van der Waals surface area contributed by atoms with Crippen LogP contribution < -0.4 is 10.2 Å². The molecule has 1 amide bonds. The number of hydrogen-bond acceptors (Lipinski definition) is 4. The molecule has 0 spiro atoms. The molecule has 1 aliphatic heterocycles. The van der Waals surface area contributed by atoms with Gasteiger partial charge in [0.25, 0.3) is 0 Å². The fourth-order valence-electron chi connectivity index (χ4n) is 6.54. The average Bonchev–Trinajstić information content (AvgIpc) is 2.65. The Morgan fingerprint density at radius 2 is 2.00 bits per heavy atom. The minimum atomic E-state index is -0.688. The molecule has 4 saturated carbocycles. The van der Waals surface area contributed by atoms with Gasteiger partial charge in [-0.05, 0) is 62.7 Å². The van der Waals surface area contributed by atoms with E-state index in [2.05, 4.69) is 10.3 Å². The molecule has 2 unspecified atom stereocenters. The summed E-state index contributed by atoms with van der Waals surface area (Å²) in [5, 5.41) is 13.7. The van der Waals surface area contributed by atoms with Crippen molar-refractivity contribution in [3.63, 3.8) is 0 Å². The summed E-state index contributed by atoms with van der Waals surface area (Å²) in [6, 6.07) is 0.788. The molecule has 2 N–H and O–H groups in total. The molecule has 5 fully saturated rings. The zero-order chi connectivity index (χ0) is 19.5. The van der Waals surface area contributed by atoms with Crippen LogP contribution in [0.25, 0.3) is 0 Å². The number of anilines is 1. The molecule has 152 valence electrons. The van der Waals surface area contributed by atoms with Crippen LogP contribution in [0.5, 0.6) is 0 Å². The first-order valence-electron chi connectivity index (χ1n) is 10.5. The zero-order valence-electron chi connectivity index (χ0n) is 15.9. The number of aliphatic hydroxyl groups is 1. The molecular formula is C21H27F2N3O2. The number of halogens is 2. The van der Waals surface area contributed by atoms with Crippen molar-refractivity contribution in [1.29, 1.82) is 0 Å². The lowest BCUT2D eigenvalue weighted by molar-refractivity contribution is -0.163. The molecule has 0 radical (unpaired) electrons. The van der Waals surface area contributed by atoms with E-state index in [-0.39, 0.29) is 41.1 Å². The summed E-state index contributed by atoms with van der Waals surface area (Å²) in [5.41, 5.74) is -0.336. The van der Waals surface area contributed by atoms with Crippen LogP contribution in [0.2, 0.25) is 0 Å². The molecule has 1 aromatic rings. The predicted molar refractivity (Wildman–Crippen MR) is 99.5 cm³/mol. The van der Waals surface area contributed by atoms with Gasteiger partial charge in [0.1, 0.15) is 5.82 Å². The molecule has 6 rings (SSSR count). The van der Waals surface area contributed by atoms with Crippen LogP contribution in [-0.2, 0) is 4.79 Å². The fraction of sp³-hybridized carbons (Fsp3) is 0.714. The van der Waals surface area contributed by atoms with Gasteiger partial charge in [-0.25, -0.2) is 13.8 Å². The van der Waals surface area contributed by atoms with Gasteiger partial charge in [-0.1, -0.05) is 0 Å². The van der Waals surface area contributed by atoms with E-state index >= 15 is 0 Å². The maximum atomic E-state index is 14.1. The number of carbonyl (C=O) groups excluding carboxylic acids is 1. The highest BCUT2D eigenvalue weighted by Gasteiger charge is 2.58. The molecule has 4 bridgehead atoms. The lowest BCUT2D eigenvalue weighted by atomic mass is 9.48. The Morgan fingerprint density at radius 3 is 2.71 bits per heavy atom. The van der Waals surface area contributed by atoms with Crippen LogP contribution in [-0.4, -0.2) is 41.2 Å². The van der Waals surface area contributed by atoms with Crippen molar-refractivity contribution >= 4 is 11.7 Å². The molecule has 2 heterocycles. The molecule has 4 aliphatic carbocycles. The van der Waals surface area contributed by atoms with Crippen molar-refractivity contribution in [2.45, 2.75) is 57.1 Å². The Balaban J connectivity index is 1.28. The Hall–Kier alpha value is -1.76. The summed E-state index contributed by atoms with van der Waals surface area (Å²) in [7, 11) is 0. The maximum absolute atomic E-state index is 14.1. The normalized spacial score (nSPS) is 39.2. The van der Waals surface area contributed by atoms with E-state index < -0.39 is 11.6 Å². The van der Waals surface area contributed by atoms with Gasteiger partial charge in [-0.3, -0.25) is 4.79 Å². The Kier molecular flexibility index (Phi) is 4.34. The molecule has 1 aromatic heterocycles. The summed E-state index contributed by atoms with van der Waals surface area (Å²) in [4.78, 5) is 19.0. The molecule has 5 aliphatic rings. The molecular weight excluding hydrogens is 364 g/mol. The van der Waals surface area contributed by atoms with Gasteiger partial charge in [-0.2, -0.15) is 0 Å². The summed E-state index contributed by atoms with van der Waals surface area (Å²) < 4.78 is 27.3. The van der Waals surface area contributed by atoms with E-state index in [1.165, 1.54) is 0 Å². The van der Waals surface area contributed by atoms with Crippen LogP contribution in [0.15, 0.2) is 12.3 Å². The highest BCUT2D eigenvalue weighted by molar-refractivity contribution is 5.83. The number of aliphatic hydroxyl groups excluding tert-OH is 1. The number of carbonyl (C=O) groups is 1. The van der Waals surface area contributed by atoms with Crippen molar-refractivity contribution in [1.82, 2.24) is 10.3 Å². The van der Waals surface area contributed by atoms with Crippen molar-refractivity contribution in [2.75, 3.05) is 18.0 Å². The second-order valence-corrected chi connectivity index (χ2v) is 9.46. The van der Waals surface area contributed by atoms with E-state index in [9.17, 15) is 18.7 Å². The minimum Gasteiger partial charge on any atom is -0.393 e. The maximum Gasteiger partial charge on any atom is 0.226 e. The van der Waals surface area contributed by atoms with Crippen LogP contribution in [0.3, 0.4) is 0 Å². The highest BCUT2D eigenvalue weighted by atomic mass is 19.1. The standard InChI is InChI=1S/C21H27F2N3O2/c22-15-6-17(23)19(24-10-15)26-3-1-2-16(11-26)25-20(28)21-7-12-4-13(8-21)18(27)14(5-12)9-21/h6,10,12-14,16,18,27H,1-5,7-9,11H2,(H,25,28)/t12?,13?,14?,16-,18?,21?/m0/s1. The van der Waals surface area contributed by atoms with Crippen LogP contribution in [0.1, 0.15) is 44.9 Å². The van der Waals surface area contributed by atoms with Gasteiger partial charge in [-0.15, -0.1) is 0 Å². The van der Waals surface area contributed by atoms with E-state index in [1.54, 1.807) is 4.90 Å².